The number of likely N-dealkylation sites (N-methyl/N-ethyl adjacent to an activating group) is 2. The van der Waals surface area contributed by atoms with Gasteiger partial charge in [0.2, 0.25) is 17.7 Å². The molecule has 2 fully saturated rings. The summed E-state index contributed by atoms with van der Waals surface area (Å²) in [5.41, 5.74) is 2.07. The summed E-state index contributed by atoms with van der Waals surface area (Å²) in [7, 11) is 2.96. The van der Waals surface area contributed by atoms with Crippen molar-refractivity contribution in [3.63, 3.8) is 0 Å². The summed E-state index contributed by atoms with van der Waals surface area (Å²) >= 11 is 1.08. The van der Waals surface area contributed by atoms with E-state index in [2.05, 4.69) is 20.9 Å². The maximum Gasteiger partial charge on any atom is 0.409 e. The van der Waals surface area contributed by atoms with Crippen LogP contribution in [0.3, 0.4) is 0 Å². The van der Waals surface area contributed by atoms with E-state index in [1.807, 2.05) is 60.7 Å². The molecule has 4 N–H and O–H groups in total. The van der Waals surface area contributed by atoms with E-state index in [0.29, 0.717) is 102 Å². The van der Waals surface area contributed by atoms with Gasteiger partial charge < -0.3 is 58.7 Å². The van der Waals surface area contributed by atoms with Crippen LogP contribution in [0.1, 0.15) is 57.4 Å². The molecule has 3 aromatic rings. The fourth-order valence-electron chi connectivity index (χ4n) is 7.93. The van der Waals surface area contributed by atoms with Crippen LogP contribution in [0.2, 0.25) is 0 Å². The normalized spacial score (nSPS) is 15.6. The van der Waals surface area contributed by atoms with E-state index in [1.165, 1.54) is 23.8 Å². The van der Waals surface area contributed by atoms with Crippen LogP contribution in [0.25, 0.3) is 11.3 Å². The second-order valence-electron chi connectivity index (χ2n) is 17.3. The predicted molar refractivity (Wildman–Crippen MR) is 267 cm³/mol. The Morgan fingerprint density at radius 3 is 1.90 bits per heavy atom. The second-order valence-corrected chi connectivity index (χ2v) is 18.3. The summed E-state index contributed by atoms with van der Waals surface area (Å²) in [5, 5.41) is 18.7. The number of hydrogen-bond donors (Lipinski definition) is 4. The Hall–Kier alpha value is -5.75. The Kier molecular flexibility index (Phi) is 25.1. The summed E-state index contributed by atoms with van der Waals surface area (Å²) in [6.45, 7) is 5.98. The van der Waals surface area contributed by atoms with Gasteiger partial charge in [-0.25, -0.2) is 14.6 Å². The van der Waals surface area contributed by atoms with Crippen LogP contribution in [0.15, 0.2) is 60.7 Å². The zero-order valence-electron chi connectivity index (χ0n) is 41.6. The van der Waals surface area contributed by atoms with Gasteiger partial charge in [-0.3, -0.25) is 29.4 Å². The van der Waals surface area contributed by atoms with E-state index < -0.39 is 48.0 Å². The lowest BCUT2D eigenvalue weighted by atomic mass is 9.83. The number of amides is 6. The first-order valence-electron chi connectivity index (χ1n) is 24.5. The topological polar surface area (TPSA) is 246 Å². The van der Waals surface area contributed by atoms with Crippen molar-refractivity contribution in [2.75, 3.05) is 117 Å². The zero-order valence-corrected chi connectivity index (χ0v) is 42.4. The van der Waals surface area contributed by atoms with Crippen LogP contribution in [-0.2, 0) is 58.9 Å². The van der Waals surface area contributed by atoms with Crippen molar-refractivity contribution in [1.82, 2.24) is 25.0 Å². The Morgan fingerprint density at radius 2 is 1.31 bits per heavy atom. The smallest absolute Gasteiger partial charge is 0.409 e. The summed E-state index contributed by atoms with van der Waals surface area (Å²) < 4.78 is 38.5. The highest BCUT2D eigenvalue weighted by molar-refractivity contribution is 7.20. The Balaban J connectivity index is 0.940. The summed E-state index contributed by atoms with van der Waals surface area (Å²) in [4.78, 5) is 86.7. The van der Waals surface area contributed by atoms with Gasteiger partial charge in [-0.05, 0) is 44.1 Å². The van der Waals surface area contributed by atoms with Crippen LogP contribution >= 0.6 is 11.3 Å². The number of ether oxygens (including phenoxy) is 7. The van der Waals surface area contributed by atoms with Crippen molar-refractivity contribution in [3.8, 4) is 11.3 Å². The average molecular weight is 1030 g/mol. The summed E-state index contributed by atoms with van der Waals surface area (Å²) in [6.07, 6.45) is 3.59. The Labute approximate surface area is 425 Å². The molecule has 396 valence electrons. The largest absolute Gasteiger partial charge is 0.465 e. The van der Waals surface area contributed by atoms with Gasteiger partial charge in [0.05, 0.1) is 72.7 Å². The van der Waals surface area contributed by atoms with Crippen molar-refractivity contribution in [2.24, 2.45) is 5.92 Å². The van der Waals surface area contributed by atoms with E-state index in [1.54, 1.807) is 7.05 Å². The van der Waals surface area contributed by atoms with Gasteiger partial charge in [-0.15, -0.1) is 0 Å². The lowest BCUT2D eigenvalue weighted by Crippen LogP contribution is -2.58. The molecule has 5 rings (SSSR count). The third-order valence-electron chi connectivity index (χ3n) is 12.1. The number of carbonyl (C=O) groups excluding carboxylic acids is 5. The van der Waals surface area contributed by atoms with Gasteiger partial charge in [-0.2, -0.15) is 0 Å². The van der Waals surface area contributed by atoms with Gasteiger partial charge in [0.25, 0.3) is 5.91 Å². The molecule has 2 unspecified atom stereocenters. The van der Waals surface area contributed by atoms with E-state index in [4.69, 9.17) is 33.2 Å². The average Bonchev–Trinajstić information content (AvgIpc) is 4.05. The number of benzene rings is 2. The SMILES string of the molecule is CC(C(=O)NC(C(=O)N1CCC[C@H]1C(=O)Nc1sc(NC(=O)COCCOCCOCCOCCOCCOCCN(C)C(=O)OCc2ccccc2)nc1-c1ccccc1)C1CCCCC1)N(C)C(=O)O. The fourth-order valence-corrected chi connectivity index (χ4v) is 8.84. The monoisotopic (exact) mass is 1030 g/mol. The van der Waals surface area contributed by atoms with Gasteiger partial charge in [0.1, 0.15) is 42.0 Å². The van der Waals surface area contributed by atoms with Crippen molar-refractivity contribution in [2.45, 2.75) is 76.6 Å². The first kappa shape index (κ1) is 57.2. The quantitative estimate of drug-likeness (QED) is 0.0612. The number of carbonyl (C=O) groups is 6. The molecule has 6 amide bonds. The molecule has 1 aliphatic carbocycles. The molecule has 0 radical (unpaired) electrons. The maximum absolute atomic E-state index is 14.3. The van der Waals surface area contributed by atoms with Crippen molar-refractivity contribution in [3.05, 3.63) is 66.2 Å². The van der Waals surface area contributed by atoms with E-state index in [9.17, 15) is 33.9 Å². The number of nitrogens with zero attached hydrogens (tertiary/aromatic N) is 4. The molecule has 22 heteroatoms. The van der Waals surface area contributed by atoms with Crippen molar-refractivity contribution < 1.29 is 67.0 Å². The molecule has 3 atom stereocenters. The molecule has 2 aliphatic rings. The molecule has 1 saturated heterocycles. The van der Waals surface area contributed by atoms with Gasteiger partial charge in [-0.1, -0.05) is 91.3 Å². The Bertz CT molecular complexity index is 2130. The molecule has 2 aromatic carbocycles. The first-order valence-corrected chi connectivity index (χ1v) is 25.4. The van der Waals surface area contributed by atoms with Crippen LogP contribution in [-0.4, -0.2) is 185 Å². The lowest BCUT2D eigenvalue weighted by Gasteiger charge is -2.35. The minimum atomic E-state index is -1.26. The molecular formula is C50H71N7O14S. The molecule has 0 bridgehead atoms. The number of nitrogens with one attached hydrogen (secondary N) is 3. The van der Waals surface area contributed by atoms with Gasteiger partial charge in [0.15, 0.2) is 5.13 Å². The minimum Gasteiger partial charge on any atom is -0.465 e. The number of likely N-dealkylation sites (tertiary alicyclic amines) is 1. The van der Waals surface area contributed by atoms with Crippen LogP contribution in [0.4, 0.5) is 19.7 Å². The molecule has 2 heterocycles. The maximum atomic E-state index is 14.3. The number of aromatic nitrogens is 1. The number of rotatable bonds is 31. The van der Waals surface area contributed by atoms with E-state index in [-0.39, 0.29) is 43.4 Å². The highest BCUT2D eigenvalue weighted by Gasteiger charge is 2.42. The molecule has 21 nitrogen and oxygen atoms in total. The van der Waals surface area contributed by atoms with Crippen LogP contribution in [0.5, 0.6) is 0 Å². The molecule has 72 heavy (non-hydrogen) atoms. The molecule has 0 spiro atoms. The number of thiazole rings is 1. The predicted octanol–water partition coefficient (Wildman–Crippen LogP) is 5.11. The lowest BCUT2D eigenvalue weighted by molar-refractivity contribution is -0.142. The van der Waals surface area contributed by atoms with Crippen molar-refractivity contribution in [1.29, 1.82) is 0 Å². The standard InChI is InChI=1S/C50H71N7O14S/c1-36(56(3)49(62)63)44(59)52-43(39-18-11-6-12-19-39)47(61)57-21-13-20-40(57)45(60)54-46-42(38-16-9-5-10-17-38)53-48(72-46)51-41(58)35-70-33-32-69-31-30-68-29-28-67-27-26-66-25-24-65-23-22-55(2)50(64)71-34-37-14-7-4-8-15-37/h4-5,7-10,14-17,36,39-40,43H,6,11-13,18-35H2,1-3H3,(H,52,59)(H,54,60)(H,62,63)(H,51,53,58)/t36?,40-,43?/m0/s1. The highest BCUT2D eigenvalue weighted by Crippen LogP contribution is 2.37. The van der Waals surface area contributed by atoms with Gasteiger partial charge >= 0.3 is 12.2 Å². The third kappa shape index (κ3) is 19.4. The molecule has 1 aromatic heterocycles. The summed E-state index contributed by atoms with van der Waals surface area (Å²) in [6, 6.07) is 15.9. The zero-order chi connectivity index (χ0) is 51.5. The van der Waals surface area contributed by atoms with E-state index >= 15 is 0 Å². The highest BCUT2D eigenvalue weighted by atomic mass is 32.1. The third-order valence-corrected chi connectivity index (χ3v) is 13.0. The molecule has 1 saturated carbocycles. The Morgan fingerprint density at radius 1 is 0.736 bits per heavy atom. The minimum absolute atomic E-state index is 0.150. The van der Waals surface area contributed by atoms with Crippen molar-refractivity contribution >= 4 is 57.3 Å². The van der Waals surface area contributed by atoms with Crippen LogP contribution < -0.4 is 16.0 Å². The fraction of sp³-hybridized carbons (Fsp3) is 0.580. The van der Waals surface area contributed by atoms with E-state index in [0.717, 1.165) is 53.9 Å². The molecule has 1 aliphatic heterocycles. The summed E-state index contributed by atoms with van der Waals surface area (Å²) in [5.74, 6) is -1.96. The second kappa shape index (κ2) is 31.7. The first-order chi connectivity index (χ1) is 34.9. The van der Waals surface area contributed by atoms with Gasteiger partial charge in [0, 0.05) is 32.7 Å². The molecular weight excluding hydrogens is 955 g/mol. The number of anilines is 2. The number of carboxylic acid groups (broad SMARTS) is 1. The van der Waals surface area contributed by atoms with Crippen LogP contribution in [0, 0.1) is 5.92 Å². The number of hydrogen-bond acceptors (Lipinski definition) is 15.